The molecule has 2 aliphatic rings. The normalized spacial score (nSPS) is 21.5. The van der Waals surface area contributed by atoms with Crippen LogP contribution < -0.4 is 4.74 Å². The van der Waals surface area contributed by atoms with Crippen LogP contribution in [-0.4, -0.2) is 48.5 Å². The Morgan fingerprint density at radius 1 is 1.26 bits per heavy atom. The van der Waals surface area contributed by atoms with E-state index in [1.54, 1.807) is 7.11 Å². The maximum Gasteiger partial charge on any atom is 0.236 e. The van der Waals surface area contributed by atoms with Crippen molar-refractivity contribution in [1.29, 1.82) is 0 Å². The Hall–Kier alpha value is -1.55. The monoisotopic (exact) mass is 316 g/mol. The van der Waals surface area contributed by atoms with Crippen LogP contribution in [0.15, 0.2) is 24.3 Å². The molecule has 1 atom stereocenters. The summed E-state index contributed by atoms with van der Waals surface area (Å²) in [5, 5.41) is 0. The van der Waals surface area contributed by atoms with Gasteiger partial charge < -0.3 is 9.64 Å². The fourth-order valence-corrected chi connectivity index (χ4v) is 3.41. The van der Waals surface area contributed by atoms with Gasteiger partial charge in [0.1, 0.15) is 5.75 Å². The first kappa shape index (κ1) is 16.3. The van der Waals surface area contributed by atoms with Crippen molar-refractivity contribution in [3.05, 3.63) is 29.8 Å². The predicted molar refractivity (Wildman–Crippen MR) is 91.4 cm³/mol. The number of amides is 1. The SMILES string of the molecule is COc1ccc(CN(CC(=O)N2CCCC(C)C2)C2CC2)cc1. The van der Waals surface area contributed by atoms with E-state index in [0.29, 0.717) is 24.4 Å². The Balaban J connectivity index is 1.59. The lowest BCUT2D eigenvalue weighted by Crippen LogP contribution is -2.45. The summed E-state index contributed by atoms with van der Waals surface area (Å²) in [6.07, 6.45) is 4.84. The minimum Gasteiger partial charge on any atom is -0.497 e. The zero-order chi connectivity index (χ0) is 16.2. The quantitative estimate of drug-likeness (QED) is 0.809. The maximum absolute atomic E-state index is 12.6. The lowest BCUT2D eigenvalue weighted by atomic mass is 10.0. The topological polar surface area (TPSA) is 32.8 Å². The molecule has 1 unspecified atom stereocenters. The summed E-state index contributed by atoms with van der Waals surface area (Å²) in [6, 6.07) is 8.77. The van der Waals surface area contributed by atoms with Crippen molar-refractivity contribution in [3.8, 4) is 5.75 Å². The molecule has 0 N–H and O–H groups in total. The van der Waals surface area contributed by atoms with E-state index in [1.165, 1.54) is 24.8 Å². The third-order valence-electron chi connectivity index (χ3n) is 4.96. The van der Waals surface area contributed by atoms with Crippen LogP contribution in [0.2, 0.25) is 0 Å². The smallest absolute Gasteiger partial charge is 0.236 e. The number of rotatable bonds is 6. The molecule has 0 spiro atoms. The Labute approximate surface area is 139 Å². The van der Waals surface area contributed by atoms with Gasteiger partial charge in [0.25, 0.3) is 0 Å². The number of carbonyl (C=O) groups excluding carboxylic acids is 1. The van der Waals surface area contributed by atoms with Gasteiger partial charge in [-0.05, 0) is 49.3 Å². The summed E-state index contributed by atoms with van der Waals surface area (Å²) in [5.41, 5.74) is 1.25. The van der Waals surface area contributed by atoms with Crippen molar-refractivity contribution < 1.29 is 9.53 Å². The van der Waals surface area contributed by atoms with E-state index in [-0.39, 0.29) is 0 Å². The average Bonchev–Trinajstić information content (AvgIpc) is 3.40. The minimum absolute atomic E-state index is 0.303. The highest BCUT2D eigenvalue weighted by Gasteiger charge is 2.32. The zero-order valence-electron chi connectivity index (χ0n) is 14.3. The molecule has 0 radical (unpaired) electrons. The molecule has 1 aromatic rings. The Bertz CT molecular complexity index is 525. The fourth-order valence-electron chi connectivity index (χ4n) is 3.41. The lowest BCUT2D eigenvalue weighted by molar-refractivity contribution is -0.134. The molecule has 23 heavy (non-hydrogen) atoms. The van der Waals surface area contributed by atoms with Gasteiger partial charge in [-0.1, -0.05) is 19.1 Å². The second-order valence-electron chi connectivity index (χ2n) is 7.07. The van der Waals surface area contributed by atoms with Crippen LogP contribution in [0.1, 0.15) is 38.2 Å². The first-order valence-electron chi connectivity index (χ1n) is 8.80. The molecule has 0 bridgehead atoms. The van der Waals surface area contributed by atoms with Gasteiger partial charge in [-0.2, -0.15) is 0 Å². The highest BCUT2D eigenvalue weighted by atomic mass is 16.5. The predicted octanol–water partition coefficient (Wildman–Crippen LogP) is 2.92. The van der Waals surface area contributed by atoms with Crippen LogP contribution in [0.4, 0.5) is 0 Å². The van der Waals surface area contributed by atoms with Gasteiger partial charge in [-0.3, -0.25) is 9.69 Å². The number of benzene rings is 1. The molecule has 4 nitrogen and oxygen atoms in total. The molecule has 3 rings (SSSR count). The van der Waals surface area contributed by atoms with Crippen LogP contribution in [0.3, 0.4) is 0 Å². The second kappa shape index (κ2) is 7.35. The third kappa shape index (κ3) is 4.47. The summed E-state index contributed by atoms with van der Waals surface area (Å²) in [4.78, 5) is 17.1. The molecule has 0 aromatic heterocycles. The van der Waals surface area contributed by atoms with Crippen LogP contribution in [0.25, 0.3) is 0 Å². The molecule has 1 saturated carbocycles. The largest absolute Gasteiger partial charge is 0.497 e. The molecule has 1 aromatic carbocycles. The minimum atomic E-state index is 0.303. The number of nitrogens with zero attached hydrogens (tertiary/aromatic N) is 2. The summed E-state index contributed by atoms with van der Waals surface area (Å²) < 4.78 is 5.21. The highest BCUT2D eigenvalue weighted by Crippen LogP contribution is 2.29. The molecule has 1 heterocycles. The molecule has 1 aliphatic carbocycles. The highest BCUT2D eigenvalue weighted by molar-refractivity contribution is 5.78. The van der Waals surface area contributed by atoms with Gasteiger partial charge >= 0.3 is 0 Å². The Kier molecular flexibility index (Phi) is 5.21. The van der Waals surface area contributed by atoms with Crippen molar-refractivity contribution in [2.75, 3.05) is 26.7 Å². The van der Waals surface area contributed by atoms with Crippen molar-refractivity contribution in [3.63, 3.8) is 0 Å². The summed E-state index contributed by atoms with van der Waals surface area (Å²) >= 11 is 0. The van der Waals surface area contributed by atoms with Crippen molar-refractivity contribution in [2.45, 2.75) is 45.2 Å². The van der Waals surface area contributed by atoms with E-state index >= 15 is 0 Å². The lowest BCUT2D eigenvalue weighted by Gasteiger charge is -2.33. The second-order valence-corrected chi connectivity index (χ2v) is 7.07. The van der Waals surface area contributed by atoms with Crippen molar-refractivity contribution >= 4 is 5.91 Å². The molecule has 1 amide bonds. The van der Waals surface area contributed by atoms with Gasteiger partial charge in [0, 0.05) is 25.7 Å². The average molecular weight is 316 g/mol. The molecule has 126 valence electrons. The van der Waals surface area contributed by atoms with Gasteiger partial charge in [0.15, 0.2) is 0 Å². The molecule has 2 fully saturated rings. The van der Waals surface area contributed by atoms with Crippen molar-refractivity contribution in [2.24, 2.45) is 5.92 Å². The van der Waals surface area contributed by atoms with Crippen LogP contribution in [-0.2, 0) is 11.3 Å². The first-order valence-corrected chi connectivity index (χ1v) is 8.80. The zero-order valence-corrected chi connectivity index (χ0v) is 14.3. The number of carbonyl (C=O) groups is 1. The number of ether oxygens (including phenoxy) is 1. The van der Waals surface area contributed by atoms with Gasteiger partial charge in [-0.15, -0.1) is 0 Å². The maximum atomic E-state index is 12.6. The van der Waals surface area contributed by atoms with Crippen LogP contribution >= 0.6 is 0 Å². The standard InChI is InChI=1S/C19H28N2O2/c1-15-4-3-11-20(12-15)19(22)14-21(17-7-8-17)13-16-5-9-18(23-2)10-6-16/h5-6,9-10,15,17H,3-4,7-8,11-14H2,1-2H3. The number of methoxy groups -OCH3 is 1. The number of hydrogen-bond acceptors (Lipinski definition) is 3. The molecule has 1 saturated heterocycles. The molecule has 1 aliphatic heterocycles. The van der Waals surface area contributed by atoms with Gasteiger partial charge in [0.2, 0.25) is 5.91 Å². The molecular formula is C19H28N2O2. The first-order chi connectivity index (χ1) is 11.2. The van der Waals surface area contributed by atoms with E-state index in [0.717, 1.165) is 31.8 Å². The summed E-state index contributed by atoms with van der Waals surface area (Å²) in [7, 11) is 1.68. The number of piperidine rings is 1. The number of likely N-dealkylation sites (tertiary alicyclic amines) is 1. The third-order valence-corrected chi connectivity index (χ3v) is 4.96. The van der Waals surface area contributed by atoms with E-state index in [4.69, 9.17) is 4.74 Å². The molecular weight excluding hydrogens is 288 g/mol. The number of hydrogen-bond donors (Lipinski definition) is 0. The van der Waals surface area contributed by atoms with Crippen LogP contribution in [0.5, 0.6) is 5.75 Å². The van der Waals surface area contributed by atoms with Gasteiger partial charge in [0.05, 0.1) is 13.7 Å². The Morgan fingerprint density at radius 3 is 2.61 bits per heavy atom. The van der Waals surface area contributed by atoms with E-state index in [2.05, 4.69) is 28.9 Å². The van der Waals surface area contributed by atoms with Crippen LogP contribution in [0, 0.1) is 5.92 Å². The van der Waals surface area contributed by atoms with Crippen molar-refractivity contribution in [1.82, 2.24) is 9.80 Å². The van der Waals surface area contributed by atoms with E-state index in [1.807, 2.05) is 12.1 Å². The summed E-state index contributed by atoms with van der Waals surface area (Å²) in [6.45, 7) is 5.52. The van der Waals surface area contributed by atoms with E-state index < -0.39 is 0 Å². The van der Waals surface area contributed by atoms with E-state index in [9.17, 15) is 4.79 Å². The van der Waals surface area contributed by atoms with Gasteiger partial charge in [-0.25, -0.2) is 0 Å². The fraction of sp³-hybridized carbons (Fsp3) is 0.632. The Morgan fingerprint density at radius 2 is 2.00 bits per heavy atom. The molecule has 4 heteroatoms. The summed E-state index contributed by atoms with van der Waals surface area (Å²) in [5.74, 6) is 1.82.